The minimum absolute atomic E-state index is 0. The lowest BCUT2D eigenvalue weighted by Crippen LogP contribution is -2.42. The number of hydrogen-bond acceptors (Lipinski definition) is 2. The van der Waals surface area contributed by atoms with Crippen molar-refractivity contribution >= 4 is 29.9 Å². The highest BCUT2D eigenvalue weighted by Gasteiger charge is 2.20. The van der Waals surface area contributed by atoms with E-state index in [1.165, 1.54) is 32.5 Å². The second-order valence-corrected chi connectivity index (χ2v) is 6.68. The van der Waals surface area contributed by atoms with Crippen LogP contribution in [-0.4, -0.2) is 49.6 Å². The Morgan fingerprint density at radius 2 is 2.00 bits per heavy atom. The van der Waals surface area contributed by atoms with Gasteiger partial charge >= 0.3 is 0 Å². The van der Waals surface area contributed by atoms with Crippen LogP contribution in [0.3, 0.4) is 0 Å². The lowest BCUT2D eigenvalue weighted by Gasteiger charge is -2.33. The maximum Gasteiger partial charge on any atom is 0.191 e. The maximum absolute atomic E-state index is 4.76. The van der Waals surface area contributed by atoms with Gasteiger partial charge < -0.3 is 15.5 Å². The largest absolute Gasteiger partial charge is 0.357 e. The minimum atomic E-state index is 0. The number of guanidine groups is 1. The number of likely N-dealkylation sites (tertiary alicyclic amines) is 1. The molecule has 1 heterocycles. The number of rotatable bonds is 6. The van der Waals surface area contributed by atoms with Gasteiger partial charge in [-0.1, -0.05) is 13.8 Å². The summed E-state index contributed by atoms with van der Waals surface area (Å²) < 4.78 is 0. The van der Waals surface area contributed by atoms with Crippen LogP contribution >= 0.6 is 24.0 Å². The molecule has 1 aliphatic heterocycles. The van der Waals surface area contributed by atoms with Crippen LogP contribution in [0.5, 0.6) is 0 Å². The summed E-state index contributed by atoms with van der Waals surface area (Å²) in [6.07, 6.45) is 2.64. The van der Waals surface area contributed by atoms with Crippen LogP contribution in [0.2, 0.25) is 0 Å². The third kappa shape index (κ3) is 9.55. The molecule has 4 nitrogen and oxygen atoms in total. The molecule has 0 aromatic carbocycles. The summed E-state index contributed by atoms with van der Waals surface area (Å²) in [7, 11) is 0. The van der Waals surface area contributed by atoms with Gasteiger partial charge in [0.05, 0.1) is 0 Å². The first-order valence-corrected chi connectivity index (χ1v) is 8.28. The van der Waals surface area contributed by atoms with E-state index < -0.39 is 0 Å². The molecular formula is C16H35IN4. The smallest absolute Gasteiger partial charge is 0.191 e. The molecule has 0 aromatic rings. The summed E-state index contributed by atoms with van der Waals surface area (Å²) in [5.74, 6) is 2.44. The summed E-state index contributed by atoms with van der Waals surface area (Å²) in [6.45, 7) is 16.6. The predicted molar refractivity (Wildman–Crippen MR) is 104 cm³/mol. The molecule has 1 aliphatic rings. The highest BCUT2D eigenvalue weighted by Crippen LogP contribution is 2.17. The molecule has 126 valence electrons. The molecule has 0 radical (unpaired) electrons. The first-order chi connectivity index (χ1) is 9.51. The monoisotopic (exact) mass is 410 g/mol. The minimum Gasteiger partial charge on any atom is -0.357 e. The molecule has 0 saturated carbocycles. The number of nitrogens with zero attached hydrogens (tertiary/aromatic N) is 2. The second-order valence-electron chi connectivity index (χ2n) is 6.68. The Morgan fingerprint density at radius 3 is 2.57 bits per heavy atom. The Morgan fingerprint density at radius 1 is 1.29 bits per heavy atom. The zero-order chi connectivity index (χ0) is 15.0. The van der Waals surface area contributed by atoms with Crippen LogP contribution in [0.15, 0.2) is 4.99 Å². The molecule has 0 aromatic heterocycles. The maximum atomic E-state index is 4.76. The zero-order valence-corrected chi connectivity index (χ0v) is 16.8. The molecule has 1 rings (SSSR count). The molecule has 1 unspecified atom stereocenters. The Labute approximate surface area is 148 Å². The van der Waals surface area contributed by atoms with Crippen molar-refractivity contribution in [2.24, 2.45) is 16.8 Å². The molecule has 21 heavy (non-hydrogen) atoms. The van der Waals surface area contributed by atoms with Gasteiger partial charge in [0, 0.05) is 32.2 Å². The van der Waals surface area contributed by atoms with E-state index >= 15 is 0 Å². The van der Waals surface area contributed by atoms with Gasteiger partial charge in [0.25, 0.3) is 0 Å². The normalized spacial score (nSPS) is 20.5. The molecule has 0 spiro atoms. The molecule has 0 aliphatic carbocycles. The fourth-order valence-corrected chi connectivity index (χ4v) is 2.80. The van der Waals surface area contributed by atoms with Crippen molar-refractivity contribution in [3.8, 4) is 0 Å². The average Bonchev–Trinajstić information content (AvgIpc) is 2.35. The number of aliphatic imine (C=N–C) groups is 1. The number of piperidine rings is 1. The fourth-order valence-electron chi connectivity index (χ4n) is 2.80. The summed E-state index contributed by atoms with van der Waals surface area (Å²) in [5, 5.41) is 6.71. The van der Waals surface area contributed by atoms with Gasteiger partial charge in [-0.2, -0.15) is 0 Å². The molecule has 1 saturated heterocycles. The highest BCUT2D eigenvalue weighted by atomic mass is 127. The van der Waals surface area contributed by atoms with Crippen LogP contribution < -0.4 is 10.6 Å². The van der Waals surface area contributed by atoms with Crippen molar-refractivity contribution < 1.29 is 0 Å². The lowest BCUT2D eigenvalue weighted by atomic mass is 9.97. The zero-order valence-electron chi connectivity index (χ0n) is 14.5. The highest BCUT2D eigenvalue weighted by molar-refractivity contribution is 14.0. The third-order valence-electron chi connectivity index (χ3n) is 3.50. The van der Waals surface area contributed by atoms with Gasteiger partial charge in [-0.15, -0.1) is 24.0 Å². The summed E-state index contributed by atoms with van der Waals surface area (Å²) in [5.41, 5.74) is 0. The van der Waals surface area contributed by atoms with Crippen LogP contribution in [0.4, 0.5) is 0 Å². The van der Waals surface area contributed by atoms with Gasteiger partial charge in [0.2, 0.25) is 0 Å². The predicted octanol–water partition coefficient (Wildman–Crippen LogP) is 2.94. The average molecular weight is 410 g/mol. The van der Waals surface area contributed by atoms with Crippen molar-refractivity contribution in [3.05, 3.63) is 0 Å². The molecule has 5 heteroatoms. The fraction of sp³-hybridized carbons (Fsp3) is 0.938. The van der Waals surface area contributed by atoms with Crippen LogP contribution in [0.1, 0.15) is 47.5 Å². The Balaban J connectivity index is 0.00000400. The quantitative estimate of drug-likeness (QED) is 0.402. The van der Waals surface area contributed by atoms with E-state index in [4.69, 9.17) is 4.99 Å². The van der Waals surface area contributed by atoms with Crippen molar-refractivity contribution in [3.63, 3.8) is 0 Å². The van der Waals surface area contributed by atoms with Gasteiger partial charge in [-0.05, 0) is 52.0 Å². The van der Waals surface area contributed by atoms with Crippen LogP contribution in [-0.2, 0) is 0 Å². The van der Waals surface area contributed by atoms with Crippen molar-refractivity contribution in [2.45, 2.75) is 53.5 Å². The lowest BCUT2D eigenvalue weighted by molar-refractivity contribution is 0.162. The molecule has 0 bridgehead atoms. The van der Waals surface area contributed by atoms with E-state index in [0.717, 1.165) is 25.0 Å². The first kappa shape index (κ1) is 21.0. The molecule has 1 atom stereocenters. The van der Waals surface area contributed by atoms with Gasteiger partial charge in [0.1, 0.15) is 0 Å². The second kappa shape index (κ2) is 11.5. The summed E-state index contributed by atoms with van der Waals surface area (Å²) in [6, 6.07) is 0.427. The van der Waals surface area contributed by atoms with E-state index in [9.17, 15) is 0 Å². The van der Waals surface area contributed by atoms with E-state index in [1.807, 2.05) is 0 Å². The van der Waals surface area contributed by atoms with Gasteiger partial charge in [-0.3, -0.25) is 4.99 Å². The molecule has 1 fully saturated rings. The molecular weight excluding hydrogens is 375 g/mol. The van der Waals surface area contributed by atoms with E-state index in [2.05, 4.69) is 50.2 Å². The van der Waals surface area contributed by atoms with E-state index in [-0.39, 0.29) is 24.0 Å². The van der Waals surface area contributed by atoms with Crippen molar-refractivity contribution in [2.75, 3.05) is 32.7 Å². The first-order valence-electron chi connectivity index (χ1n) is 8.28. The number of nitrogens with one attached hydrogen (secondary N) is 2. The third-order valence-corrected chi connectivity index (χ3v) is 3.50. The summed E-state index contributed by atoms with van der Waals surface area (Å²) in [4.78, 5) is 7.37. The number of hydrogen-bond donors (Lipinski definition) is 2. The Hall–Kier alpha value is -0.0400. The van der Waals surface area contributed by atoms with Crippen LogP contribution in [0, 0.1) is 11.8 Å². The Kier molecular flexibility index (Phi) is 11.5. The van der Waals surface area contributed by atoms with Crippen molar-refractivity contribution in [1.82, 2.24) is 15.5 Å². The Bertz CT molecular complexity index is 292. The molecule has 2 N–H and O–H groups in total. The standard InChI is InChI=1S/C16H34N4.HI/c1-6-17-16(19-14(4)5)18-10-15-8-7-9-20(12-15)11-13(2)3;/h13-15H,6-12H2,1-5H3,(H2,17,18,19);1H. The molecule has 0 amide bonds. The summed E-state index contributed by atoms with van der Waals surface area (Å²) >= 11 is 0. The topological polar surface area (TPSA) is 39.7 Å². The van der Waals surface area contributed by atoms with Gasteiger partial charge in [0.15, 0.2) is 5.96 Å². The van der Waals surface area contributed by atoms with Crippen LogP contribution in [0.25, 0.3) is 0 Å². The van der Waals surface area contributed by atoms with Gasteiger partial charge in [-0.25, -0.2) is 0 Å². The number of halogens is 1. The SMILES string of the molecule is CCNC(=NCC1CCCN(CC(C)C)C1)NC(C)C.I. The van der Waals surface area contributed by atoms with Crippen molar-refractivity contribution in [1.29, 1.82) is 0 Å². The van der Waals surface area contributed by atoms with E-state index in [1.54, 1.807) is 0 Å². The van der Waals surface area contributed by atoms with E-state index in [0.29, 0.717) is 12.0 Å².